The molecule has 0 aromatic carbocycles. The van der Waals surface area contributed by atoms with Crippen molar-refractivity contribution in [2.24, 2.45) is 0 Å². The number of sulfone groups is 1. The topological polar surface area (TPSA) is 75.3 Å². The van der Waals surface area contributed by atoms with Crippen molar-refractivity contribution in [2.75, 3.05) is 24.6 Å². The van der Waals surface area contributed by atoms with Crippen molar-refractivity contribution < 1.29 is 13.2 Å². The molecule has 0 aromatic heterocycles. The van der Waals surface area contributed by atoms with E-state index in [4.69, 9.17) is 0 Å². The van der Waals surface area contributed by atoms with E-state index in [0.29, 0.717) is 0 Å². The second-order valence-corrected chi connectivity index (χ2v) is 6.50. The van der Waals surface area contributed by atoms with Crippen LogP contribution in [0.5, 0.6) is 0 Å². The first-order valence-electron chi connectivity index (χ1n) is 5.76. The summed E-state index contributed by atoms with van der Waals surface area (Å²) in [5.74, 6) is 0.0815. The van der Waals surface area contributed by atoms with Gasteiger partial charge in [0.25, 0.3) is 0 Å². The molecule has 7 heteroatoms. The van der Waals surface area contributed by atoms with Crippen molar-refractivity contribution in [2.45, 2.75) is 32.2 Å². The minimum atomic E-state index is -2.98. The highest BCUT2D eigenvalue weighted by Crippen LogP contribution is 2.06. The van der Waals surface area contributed by atoms with Crippen LogP contribution in [0.15, 0.2) is 0 Å². The molecule has 1 rings (SSSR count). The van der Waals surface area contributed by atoms with Gasteiger partial charge >= 0.3 is 0 Å². The normalized spacial score (nSPS) is 20.4. The molecule has 1 saturated heterocycles. The molecule has 0 spiro atoms. The summed E-state index contributed by atoms with van der Waals surface area (Å²) in [6.07, 6.45) is 3.00. The van der Waals surface area contributed by atoms with Crippen molar-refractivity contribution in [3.05, 3.63) is 0 Å². The van der Waals surface area contributed by atoms with Crippen molar-refractivity contribution >= 4 is 28.2 Å². The highest BCUT2D eigenvalue weighted by atomic mass is 35.5. The van der Waals surface area contributed by atoms with Crippen LogP contribution in [0, 0.1) is 0 Å². The molecule has 1 atom stereocenters. The van der Waals surface area contributed by atoms with Gasteiger partial charge in [-0.2, -0.15) is 0 Å². The quantitative estimate of drug-likeness (QED) is 0.751. The van der Waals surface area contributed by atoms with Gasteiger partial charge in [-0.15, -0.1) is 12.4 Å². The van der Waals surface area contributed by atoms with E-state index in [1.807, 2.05) is 0 Å². The van der Waals surface area contributed by atoms with Crippen molar-refractivity contribution in [1.82, 2.24) is 10.6 Å². The molecule has 102 valence electrons. The number of carbonyl (C=O) groups is 1. The maximum Gasteiger partial charge on any atom is 0.237 e. The Balaban J connectivity index is 0.00000256. The fourth-order valence-electron chi connectivity index (χ4n) is 1.67. The summed E-state index contributed by atoms with van der Waals surface area (Å²) in [4.78, 5) is 11.6. The van der Waals surface area contributed by atoms with Gasteiger partial charge in [-0.25, -0.2) is 8.42 Å². The van der Waals surface area contributed by atoms with Crippen LogP contribution in [0.3, 0.4) is 0 Å². The fourth-order valence-corrected chi connectivity index (χ4v) is 2.37. The van der Waals surface area contributed by atoms with E-state index in [-0.39, 0.29) is 42.4 Å². The minimum absolute atomic E-state index is 0. The third-order valence-corrected chi connectivity index (χ3v) is 4.48. The standard InChI is InChI=1S/C10H20N2O3S.ClH/c1-2-16(14,15)8-7-12-10(13)9-5-3-4-6-11-9;/h9,11H,2-8H2,1H3,(H,12,13);1H/t9-;/m1./s1. The second kappa shape index (κ2) is 7.89. The summed E-state index contributed by atoms with van der Waals surface area (Å²) in [5, 5.41) is 5.78. The van der Waals surface area contributed by atoms with Crippen molar-refractivity contribution in [3.8, 4) is 0 Å². The third kappa shape index (κ3) is 6.24. The van der Waals surface area contributed by atoms with Gasteiger partial charge in [-0.05, 0) is 19.4 Å². The zero-order chi connectivity index (χ0) is 12.0. The molecule has 1 heterocycles. The van der Waals surface area contributed by atoms with Crippen LogP contribution in [0.2, 0.25) is 0 Å². The molecule has 0 saturated carbocycles. The lowest BCUT2D eigenvalue weighted by Gasteiger charge is -2.22. The van der Waals surface area contributed by atoms with Crippen LogP contribution < -0.4 is 10.6 Å². The van der Waals surface area contributed by atoms with Gasteiger partial charge in [-0.1, -0.05) is 13.3 Å². The number of rotatable bonds is 5. The maximum absolute atomic E-state index is 11.6. The van der Waals surface area contributed by atoms with E-state index < -0.39 is 9.84 Å². The summed E-state index contributed by atoms with van der Waals surface area (Å²) >= 11 is 0. The predicted molar refractivity (Wildman–Crippen MR) is 70.2 cm³/mol. The Hall–Kier alpha value is -0.330. The second-order valence-electron chi connectivity index (χ2n) is 4.03. The van der Waals surface area contributed by atoms with Gasteiger partial charge < -0.3 is 10.6 Å². The molecule has 1 aliphatic heterocycles. The Kier molecular flexibility index (Phi) is 7.74. The number of nitrogens with one attached hydrogen (secondary N) is 2. The SMILES string of the molecule is CCS(=O)(=O)CCNC(=O)[C@H]1CCCCN1.Cl. The molecule has 0 aliphatic carbocycles. The van der Waals surface area contributed by atoms with E-state index in [0.717, 1.165) is 25.8 Å². The summed E-state index contributed by atoms with van der Waals surface area (Å²) in [6.45, 7) is 2.69. The Labute approximate surface area is 109 Å². The monoisotopic (exact) mass is 284 g/mol. The highest BCUT2D eigenvalue weighted by Gasteiger charge is 2.20. The largest absolute Gasteiger partial charge is 0.354 e. The number of hydrogen-bond donors (Lipinski definition) is 2. The molecular weight excluding hydrogens is 264 g/mol. The molecule has 1 fully saturated rings. The first kappa shape index (κ1) is 16.7. The zero-order valence-electron chi connectivity index (χ0n) is 10.1. The van der Waals surface area contributed by atoms with Crippen molar-refractivity contribution in [3.63, 3.8) is 0 Å². The number of carbonyl (C=O) groups excluding carboxylic acids is 1. The Morgan fingerprint density at radius 2 is 2.12 bits per heavy atom. The average Bonchev–Trinajstić information content (AvgIpc) is 2.30. The lowest BCUT2D eigenvalue weighted by Crippen LogP contribution is -2.47. The van der Waals surface area contributed by atoms with Crippen LogP contribution >= 0.6 is 12.4 Å². The highest BCUT2D eigenvalue weighted by molar-refractivity contribution is 7.91. The molecule has 1 aliphatic rings. The third-order valence-electron chi connectivity index (χ3n) is 2.78. The number of piperidine rings is 1. The zero-order valence-corrected chi connectivity index (χ0v) is 11.7. The Morgan fingerprint density at radius 3 is 2.65 bits per heavy atom. The minimum Gasteiger partial charge on any atom is -0.354 e. The van der Waals surface area contributed by atoms with Crippen LogP contribution in [-0.2, 0) is 14.6 Å². The van der Waals surface area contributed by atoms with Gasteiger partial charge in [0.2, 0.25) is 5.91 Å². The lowest BCUT2D eigenvalue weighted by molar-refractivity contribution is -0.123. The Bertz CT molecular complexity index is 326. The fraction of sp³-hybridized carbons (Fsp3) is 0.900. The van der Waals surface area contributed by atoms with Gasteiger partial charge in [0.15, 0.2) is 9.84 Å². The average molecular weight is 285 g/mol. The van der Waals surface area contributed by atoms with Crippen LogP contribution in [0.1, 0.15) is 26.2 Å². The van der Waals surface area contributed by atoms with Crippen LogP contribution in [0.4, 0.5) is 0 Å². The van der Waals surface area contributed by atoms with Gasteiger partial charge in [0.1, 0.15) is 0 Å². The van der Waals surface area contributed by atoms with Crippen LogP contribution in [-0.4, -0.2) is 45.0 Å². The molecule has 2 N–H and O–H groups in total. The molecule has 5 nitrogen and oxygen atoms in total. The molecule has 1 amide bonds. The molecular formula is C10H21ClN2O3S. The first-order chi connectivity index (χ1) is 7.55. The molecule has 0 radical (unpaired) electrons. The first-order valence-corrected chi connectivity index (χ1v) is 7.59. The summed E-state index contributed by atoms with van der Waals surface area (Å²) < 4.78 is 22.4. The van der Waals surface area contributed by atoms with Crippen molar-refractivity contribution in [1.29, 1.82) is 0 Å². The maximum atomic E-state index is 11.6. The van der Waals surface area contributed by atoms with E-state index >= 15 is 0 Å². The van der Waals surface area contributed by atoms with Crippen LogP contribution in [0.25, 0.3) is 0 Å². The summed E-state index contributed by atoms with van der Waals surface area (Å²) in [5.41, 5.74) is 0. The lowest BCUT2D eigenvalue weighted by atomic mass is 10.0. The Morgan fingerprint density at radius 1 is 1.41 bits per heavy atom. The van der Waals surface area contributed by atoms with E-state index in [1.165, 1.54) is 0 Å². The molecule has 0 aromatic rings. The number of hydrogen-bond acceptors (Lipinski definition) is 4. The van der Waals surface area contributed by atoms with E-state index in [1.54, 1.807) is 6.92 Å². The van der Waals surface area contributed by atoms with E-state index in [2.05, 4.69) is 10.6 Å². The van der Waals surface area contributed by atoms with Gasteiger partial charge in [-0.3, -0.25) is 4.79 Å². The summed E-state index contributed by atoms with van der Waals surface area (Å²) in [6, 6.07) is -0.141. The van der Waals surface area contributed by atoms with E-state index in [9.17, 15) is 13.2 Å². The smallest absolute Gasteiger partial charge is 0.237 e. The number of amides is 1. The summed E-state index contributed by atoms with van der Waals surface area (Å²) in [7, 11) is -2.98. The van der Waals surface area contributed by atoms with Gasteiger partial charge in [0.05, 0.1) is 11.8 Å². The van der Waals surface area contributed by atoms with Gasteiger partial charge in [0, 0.05) is 12.3 Å². The molecule has 0 bridgehead atoms. The predicted octanol–water partition coefficient (Wildman–Crippen LogP) is 0.101. The number of halogens is 1. The molecule has 17 heavy (non-hydrogen) atoms. The molecule has 0 unspecified atom stereocenters.